The second-order valence-electron chi connectivity index (χ2n) is 3.81. The first-order valence-electron chi connectivity index (χ1n) is 4.22. The topological polar surface area (TPSA) is 18.5 Å². The van der Waals surface area contributed by atoms with Crippen molar-refractivity contribution in [3.05, 3.63) is 0 Å². The summed E-state index contributed by atoms with van der Waals surface area (Å²) in [5.74, 6) is 0. The number of hydrogen-bond acceptors (Lipinski definition) is 2. The molecule has 0 radical (unpaired) electrons. The van der Waals surface area contributed by atoms with Gasteiger partial charge in [0.05, 0.1) is 19.8 Å². The van der Waals surface area contributed by atoms with Gasteiger partial charge in [-0.25, -0.2) is 0 Å². The molecule has 70 valence electrons. The molecule has 0 spiro atoms. The van der Waals surface area contributed by atoms with E-state index in [2.05, 4.69) is 20.8 Å². The summed E-state index contributed by atoms with van der Waals surface area (Å²) >= 11 is 0. The molecule has 0 fully saturated rings. The van der Waals surface area contributed by atoms with Crippen LogP contribution in [0, 0.1) is 5.41 Å². The third-order valence-corrected chi connectivity index (χ3v) is 1.11. The Labute approximate surface area is 88.2 Å². The van der Waals surface area contributed by atoms with Crippen molar-refractivity contribution in [3.8, 4) is 0 Å². The van der Waals surface area contributed by atoms with Gasteiger partial charge in [-0.2, -0.15) is 0 Å². The van der Waals surface area contributed by atoms with E-state index in [1.165, 1.54) is 0 Å². The molecular formula is C9H21LiO2. The molecule has 0 heterocycles. The molecule has 0 atom stereocenters. The van der Waals surface area contributed by atoms with Crippen LogP contribution in [0.4, 0.5) is 0 Å². The Hall–Kier alpha value is 0.517. The molecular weight excluding hydrogens is 147 g/mol. The number of rotatable bonds is 5. The average Bonchev–Trinajstić information content (AvgIpc) is 1.85. The van der Waals surface area contributed by atoms with Crippen LogP contribution in [0.3, 0.4) is 0 Å². The Bertz CT molecular complexity index is 89.0. The Morgan fingerprint density at radius 3 is 1.92 bits per heavy atom. The van der Waals surface area contributed by atoms with E-state index in [1.54, 1.807) is 0 Å². The van der Waals surface area contributed by atoms with Crippen LogP contribution in [0.2, 0.25) is 0 Å². The summed E-state index contributed by atoms with van der Waals surface area (Å²) in [5.41, 5.74) is 0.270. The first kappa shape index (κ1) is 15.0. The van der Waals surface area contributed by atoms with Crippen molar-refractivity contribution >= 4 is 18.9 Å². The summed E-state index contributed by atoms with van der Waals surface area (Å²) < 4.78 is 10.5. The molecule has 0 aromatic heterocycles. The molecule has 0 aromatic carbocycles. The summed E-state index contributed by atoms with van der Waals surface area (Å²) in [4.78, 5) is 0. The van der Waals surface area contributed by atoms with Crippen LogP contribution in [-0.2, 0) is 9.47 Å². The Morgan fingerprint density at radius 1 is 1.00 bits per heavy atom. The Morgan fingerprint density at radius 2 is 1.50 bits per heavy atom. The second kappa shape index (κ2) is 8.13. The van der Waals surface area contributed by atoms with E-state index in [0.29, 0.717) is 13.2 Å². The van der Waals surface area contributed by atoms with E-state index in [9.17, 15) is 0 Å². The van der Waals surface area contributed by atoms with Crippen molar-refractivity contribution in [1.29, 1.82) is 0 Å². The molecule has 2 nitrogen and oxygen atoms in total. The van der Waals surface area contributed by atoms with Crippen molar-refractivity contribution < 1.29 is 9.47 Å². The third kappa shape index (κ3) is 13.1. The molecule has 0 amide bonds. The first-order valence-corrected chi connectivity index (χ1v) is 4.22. The van der Waals surface area contributed by atoms with Crippen molar-refractivity contribution in [1.82, 2.24) is 0 Å². The van der Waals surface area contributed by atoms with Gasteiger partial charge < -0.3 is 9.47 Å². The van der Waals surface area contributed by atoms with E-state index in [4.69, 9.17) is 9.47 Å². The van der Waals surface area contributed by atoms with Crippen LogP contribution < -0.4 is 0 Å². The van der Waals surface area contributed by atoms with Gasteiger partial charge in [0.2, 0.25) is 0 Å². The van der Waals surface area contributed by atoms with Crippen LogP contribution in [0.1, 0.15) is 27.7 Å². The predicted molar refractivity (Wildman–Crippen MR) is 53.9 cm³/mol. The summed E-state index contributed by atoms with van der Waals surface area (Å²) in [6.07, 6.45) is 0. The fourth-order valence-corrected chi connectivity index (χ4v) is 0.641. The molecule has 0 unspecified atom stereocenters. The van der Waals surface area contributed by atoms with Gasteiger partial charge >= 0.3 is 18.9 Å². The van der Waals surface area contributed by atoms with Gasteiger partial charge in [0.1, 0.15) is 0 Å². The normalized spacial score (nSPS) is 11.0. The van der Waals surface area contributed by atoms with Crippen LogP contribution in [0.5, 0.6) is 0 Å². The Balaban J connectivity index is 0. The van der Waals surface area contributed by atoms with E-state index in [0.717, 1.165) is 13.2 Å². The van der Waals surface area contributed by atoms with Gasteiger partial charge in [0.15, 0.2) is 0 Å². The maximum atomic E-state index is 5.38. The van der Waals surface area contributed by atoms with Crippen molar-refractivity contribution in [3.63, 3.8) is 0 Å². The van der Waals surface area contributed by atoms with Crippen LogP contribution in [0.25, 0.3) is 0 Å². The van der Waals surface area contributed by atoms with Crippen molar-refractivity contribution in [2.75, 3.05) is 26.4 Å². The van der Waals surface area contributed by atoms with Gasteiger partial charge in [-0.1, -0.05) is 20.8 Å². The minimum atomic E-state index is 0. The molecule has 0 N–H and O–H groups in total. The number of hydrogen-bond donors (Lipinski definition) is 0. The van der Waals surface area contributed by atoms with E-state index in [1.807, 2.05) is 6.92 Å². The van der Waals surface area contributed by atoms with Crippen molar-refractivity contribution in [2.45, 2.75) is 27.7 Å². The predicted octanol–water partition coefficient (Wildman–Crippen LogP) is 1.44. The van der Waals surface area contributed by atoms with Crippen LogP contribution in [-0.4, -0.2) is 45.3 Å². The van der Waals surface area contributed by atoms with Gasteiger partial charge in [-0.3, -0.25) is 0 Å². The summed E-state index contributed by atoms with van der Waals surface area (Å²) in [6, 6.07) is 0. The summed E-state index contributed by atoms with van der Waals surface area (Å²) in [7, 11) is 0. The van der Waals surface area contributed by atoms with Gasteiger partial charge in [0, 0.05) is 6.61 Å². The van der Waals surface area contributed by atoms with Gasteiger partial charge in [-0.05, 0) is 12.3 Å². The van der Waals surface area contributed by atoms with E-state index in [-0.39, 0.29) is 24.3 Å². The molecule has 0 bridgehead atoms. The Kier molecular flexibility index (Phi) is 10.2. The van der Waals surface area contributed by atoms with Crippen LogP contribution >= 0.6 is 0 Å². The fraction of sp³-hybridized carbons (Fsp3) is 1.00. The molecule has 0 aliphatic heterocycles. The minimum absolute atomic E-state index is 0. The first-order chi connectivity index (χ1) is 5.06. The third-order valence-electron chi connectivity index (χ3n) is 1.11. The van der Waals surface area contributed by atoms with Gasteiger partial charge in [-0.15, -0.1) is 0 Å². The zero-order chi connectivity index (χ0) is 8.74. The molecule has 0 saturated carbocycles. The molecule has 3 heteroatoms. The molecule has 0 aliphatic carbocycles. The zero-order valence-corrected chi connectivity index (χ0v) is 8.14. The average molecular weight is 168 g/mol. The zero-order valence-electron chi connectivity index (χ0n) is 8.14. The standard InChI is InChI=1S/C9H20O2.Li.H/c1-5-10-6-7-11-8-9(2,3)4;;/h5-8H2,1-4H3;;. The molecule has 0 aromatic rings. The molecule has 12 heavy (non-hydrogen) atoms. The molecule has 0 rings (SSSR count). The SMILES string of the molecule is CCOCCOCC(C)(C)C.[LiH]. The fourth-order valence-electron chi connectivity index (χ4n) is 0.641. The van der Waals surface area contributed by atoms with E-state index >= 15 is 0 Å². The summed E-state index contributed by atoms with van der Waals surface area (Å²) in [5, 5.41) is 0. The molecule has 0 saturated heterocycles. The monoisotopic (exact) mass is 168 g/mol. The second-order valence-corrected chi connectivity index (χ2v) is 3.81. The van der Waals surface area contributed by atoms with Gasteiger partial charge in [0.25, 0.3) is 0 Å². The van der Waals surface area contributed by atoms with Crippen molar-refractivity contribution in [2.24, 2.45) is 5.41 Å². The number of ether oxygens (including phenoxy) is 2. The quantitative estimate of drug-likeness (QED) is 0.457. The summed E-state index contributed by atoms with van der Waals surface area (Å²) in [6.45, 7) is 11.5. The molecule has 0 aliphatic rings. The van der Waals surface area contributed by atoms with Crippen LogP contribution in [0.15, 0.2) is 0 Å². The van der Waals surface area contributed by atoms with E-state index < -0.39 is 0 Å². The maximum absolute atomic E-state index is 5.38.